The molecular formula is C14H12O6. The first kappa shape index (κ1) is 12.7. The number of hydrogen-bond acceptors (Lipinski definition) is 5. The Morgan fingerprint density at radius 1 is 1.35 bits per heavy atom. The van der Waals surface area contributed by atoms with Crippen molar-refractivity contribution in [3.8, 4) is 0 Å². The molecule has 1 aromatic carbocycles. The van der Waals surface area contributed by atoms with E-state index in [2.05, 4.69) is 0 Å². The van der Waals surface area contributed by atoms with Crippen molar-refractivity contribution in [2.45, 2.75) is 18.9 Å². The van der Waals surface area contributed by atoms with Crippen LogP contribution < -0.4 is 0 Å². The van der Waals surface area contributed by atoms with Gasteiger partial charge in [-0.05, 0) is 18.9 Å². The maximum Gasteiger partial charge on any atom is 0.339 e. The number of carbonyl (C=O) groups excluding carboxylic acids is 2. The van der Waals surface area contributed by atoms with Crippen molar-refractivity contribution in [1.82, 2.24) is 0 Å². The van der Waals surface area contributed by atoms with Crippen molar-refractivity contribution in [3.05, 3.63) is 35.4 Å². The van der Waals surface area contributed by atoms with Crippen LogP contribution in [0.4, 0.5) is 0 Å². The molecule has 0 saturated heterocycles. The Bertz CT molecular complexity index is 601. The molecule has 6 heteroatoms. The van der Waals surface area contributed by atoms with E-state index in [9.17, 15) is 14.4 Å². The van der Waals surface area contributed by atoms with Crippen LogP contribution in [0.3, 0.4) is 0 Å². The highest BCUT2D eigenvalue weighted by Crippen LogP contribution is 2.47. The Morgan fingerprint density at radius 2 is 2.05 bits per heavy atom. The third-order valence-corrected chi connectivity index (χ3v) is 3.69. The van der Waals surface area contributed by atoms with Gasteiger partial charge in [-0.25, -0.2) is 4.79 Å². The van der Waals surface area contributed by atoms with Gasteiger partial charge in [-0.1, -0.05) is 18.2 Å². The van der Waals surface area contributed by atoms with Crippen LogP contribution in [-0.2, 0) is 19.1 Å². The van der Waals surface area contributed by atoms with Gasteiger partial charge in [0, 0.05) is 5.56 Å². The fourth-order valence-electron chi connectivity index (χ4n) is 2.26. The van der Waals surface area contributed by atoms with Crippen LogP contribution in [0.2, 0.25) is 0 Å². The lowest BCUT2D eigenvalue weighted by Gasteiger charge is -2.14. The molecule has 1 heterocycles. The van der Waals surface area contributed by atoms with Crippen LogP contribution in [0.1, 0.15) is 34.9 Å². The highest BCUT2D eigenvalue weighted by Gasteiger charge is 2.58. The van der Waals surface area contributed by atoms with E-state index < -0.39 is 29.4 Å². The number of fused-ring (bicyclic) bond motifs is 1. The number of aliphatic carboxylic acids is 1. The molecule has 1 aliphatic carbocycles. The number of rotatable bonds is 4. The van der Waals surface area contributed by atoms with E-state index in [-0.39, 0.29) is 6.61 Å². The lowest BCUT2D eigenvalue weighted by Crippen LogP contribution is -2.28. The molecule has 0 radical (unpaired) electrons. The Kier molecular flexibility index (Phi) is 2.74. The molecule has 0 unspecified atom stereocenters. The largest absolute Gasteiger partial charge is 0.480 e. The number of hydrogen-bond donors (Lipinski definition) is 1. The van der Waals surface area contributed by atoms with Crippen LogP contribution >= 0.6 is 0 Å². The Hall–Kier alpha value is -2.37. The fourth-order valence-corrected chi connectivity index (χ4v) is 2.26. The van der Waals surface area contributed by atoms with E-state index in [1.807, 2.05) is 0 Å². The second kappa shape index (κ2) is 4.33. The zero-order valence-electron chi connectivity index (χ0n) is 10.5. The first-order valence-electron chi connectivity index (χ1n) is 6.25. The molecule has 2 aliphatic rings. The lowest BCUT2D eigenvalue weighted by atomic mass is 10.1. The summed E-state index contributed by atoms with van der Waals surface area (Å²) >= 11 is 0. The van der Waals surface area contributed by atoms with Crippen LogP contribution in [0.25, 0.3) is 0 Å². The lowest BCUT2D eigenvalue weighted by molar-refractivity contribution is -0.163. The zero-order valence-corrected chi connectivity index (χ0v) is 10.5. The topological polar surface area (TPSA) is 89.9 Å². The number of benzene rings is 1. The van der Waals surface area contributed by atoms with Crippen LogP contribution in [0.15, 0.2) is 24.3 Å². The highest BCUT2D eigenvalue weighted by molar-refractivity contribution is 6.02. The average molecular weight is 276 g/mol. The second-order valence-electron chi connectivity index (χ2n) is 4.97. The molecule has 1 atom stereocenters. The molecule has 0 amide bonds. The average Bonchev–Trinajstić information content (AvgIpc) is 3.19. The van der Waals surface area contributed by atoms with Gasteiger partial charge in [0.15, 0.2) is 11.5 Å². The van der Waals surface area contributed by atoms with E-state index in [1.165, 1.54) is 0 Å². The molecule has 0 bridgehead atoms. The summed E-state index contributed by atoms with van der Waals surface area (Å²) in [5, 5.41) is 8.98. The minimum absolute atomic E-state index is 0.156. The SMILES string of the molecule is O=C1O[C@H](COC(=O)C2(C(=O)O)CC2)c2ccccc21. The molecule has 1 aliphatic heterocycles. The first-order valence-corrected chi connectivity index (χ1v) is 6.25. The number of ether oxygens (including phenoxy) is 2. The summed E-state index contributed by atoms with van der Waals surface area (Å²) in [6, 6.07) is 6.84. The Morgan fingerprint density at radius 3 is 2.70 bits per heavy atom. The predicted molar refractivity (Wildman–Crippen MR) is 64.9 cm³/mol. The summed E-state index contributed by atoms with van der Waals surface area (Å²) in [5.41, 5.74) is -0.277. The molecule has 0 spiro atoms. The van der Waals surface area contributed by atoms with E-state index in [4.69, 9.17) is 14.6 Å². The summed E-state index contributed by atoms with van der Waals surface area (Å²) in [6.07, 6.45) is -0.0722. The van der Waals surface area contributed by atoms with Gasteiger partial charge in [-0.3, -0.25) is 9.59 Å². The minimum atomic E-state index is -1.39. The first-order chi connectivity index (χ1) is 9.54. The molecule has 1 aromatic rings. The quantitative estimate of drug-likeness (QED) is 0.658. The summed E-state index contributed by atoms with van der Waals surface area (Å²) in [5.74, 6) is -2.38. The van der Waals surface area contributed by atoms with Crippen molar-refractivity contribution in [2.75, 3.05) is 6.61 Å². The number of esters is 2. The van der Waals surface area contributed by atoms with Crippen LogP contribution in [0, 0.1) is 5.41 Å². The summed E-state index contributed by atoms with van der Waals surface area (Å²) in [4.78, 5) is 34.3. The van der Waals surface area contributed by atoms with E-state index in [0.717, 1.165) is 0 Å². The number of carboxylic acids is 1. The summed E-state index contributed by atoms with van der Waals surface area (Å²) < 4.78 is 10.1. The van der Waals surface area contributed by atoms with Gasteiger partial charge in [0.1, 0.15) is 6.61 Å². The molecule has 104 valence electrons. The number of carboxylic acid groups (broad SMARTS) is 1. The van der Waals surface area contributed by atoms with Crippen molar-refractivity contribution >= 4 is 17.9 Å². The number of carbonyl (C=O) groups is 3. The van der Waals surface area contributed by atoms with Crippen molar-refractivity contribution in [3.63, 3.8) is 0 Å². The van der Waals surface area contributed by atoms with Gasteiger partial charge < -0.3 is 14.6 Å². The third kappa shape index (κ3) is 1.84. The van der Waals surface area contributed by atoms with Gasteiger partial charge >= 0.3 is 17.9 Å². The maximum atomic E-state index is 11.8. The van der Waals surface area contributed by atoms with E-state index >= 15 is 0 Å². The molecule has 0 aromatic heterocycles. The molecule has 1 saturated carbocycles. The summed E-state index contributed by atoms with van der Waals surface area (Å²) in [6.45, 7) is -0.156. The van der Waals surface area contributed by atoms with Crippen LogP contribution in [-0.4, -0.2) is 29.6 Å². The monoisotopic (exact) mass is 276 g/mol. The van der Waals surface area contributed by atoms with Crippen LogP contribution in [0.5, 0.6) is 0 Å². The molecule has 20 heavy (non-hydrogen) atoms. The fraction of sp³-hybridized carbons (Fsp3) is 0.357. The minimum Gasteiger partial charge on any atom is -0.480 e. The second-order valence-corrected chi connectivity index (χ2v) is 4.97. The molecule has 1 fully saturated rings. The number of cyclic esters (lactones) is 1. The predicted octanol–water partition coefficient (Wildman–Crippen LogP) is 1.31. The molecule has 3 rings (SSSR count). The van der Waals surface area contributed by atoms with E-state index in [0.29, 0.717) is 24.0 Å². The van der Waals surface area contributed by atoms with Gasteiger partial charge in [0.2, 0.25) is 0 Å². The normalized spacial score (nSPS) is 21.8. The zero-order chi connectivity index (χ0) is 14.3. The molecular weight excluding hydrogens is 264 g/mol. The molecule has 1 N–H and O–H groups in total. The van der Waals surface area contributed by atoms with Gasteiger partial charge in [-0.15, -0.1) is 0 Å². The Balaban J connectivity index is 1.68. The highest BCUT2D eigenvalue weighted by atomic mass is 16.6. The van der Waals surface area contributed by atoms with E-state index in [1.54, 1.807) is 24.3 Å². The van der Waals surface area contributed by atoms with Gasteiger partial charge in [0.25, 0.3) is 0 Å². The Labute approximate surface area is 114 Å². The van der Waals surface area contributed by atoms with Crippen molar-refractivity contribution < 1.29 is 29.0 Å². The third-order valence-electron chi connectivity index (χ3n) is 3.69. The van der Waals surface area contributed by atoms with Gasteiger partial charge in [-0.2, -0.15) is 0 Å². The van der Waals surface area contributed by atoms with Crippen molar-refractivity contribution in [2.24, 2.45) is 5.41 Å². The standard InChI is InChI=1S/C14H12O6/c15-11-9-4-2-1-3-8(9)10(20-11)7-19-13(18)14(5-6-14)12(16)17/h1-4,10H,5-7H2,(H,16,17)/t10-/m1/s1. The summed E-state index contributed by atoms with van der Waals surface area (Å²) in [7, 11) is 0. The maximum absolute atomic E-state index is 11.8. The van der Waals surface area contributed by atoms with Gasteiger partial charge in [0.05, 0.1) is 5.56 Å². The van der Waals surface area contributed by atoms with Crippen molar-refractivity contribution in [1.29, 1.82) is 0 Å². The smallest absolute Gasteiger partial charge is 0.339 e. The molecule has 6 nitrogen and oxygen atoms in total.